The summed E-state index contributed by atoms with van der Waals surface area (Å²) in [5.41, 5.74) is 1.65. The van der Waals surface area contributed by atoms with Crippen molar-refractivity contribution in [2.24, 2.45) is 0 Å². The zero-order valence-electron chi connectivity index (χ0n) is 16.2. The lowest BCUT2D eigenvalue weighted by Crippen LogP contribution is -2.41. The molecule has 3 rings (SSSR count). The molecule has 0 radical (unpaired) electrons. The monoisotopic (exact) mass is 426 g/mol. The molecule has 2 amide bonds. The second-order valence-electron chi connectivity index (χ2n) is 6.61. The Labute approximate surface area is 178 Å². The molecule has 0 spiro atoms. The third-order valence-electron chi connectivity index (χ3n) is 4.26. The molecule has 30 heavy (non-hydrogen) atoms. The maximum atomic E-state index is 13.2. The SMILES string of the molecule is CC(NC(=O)c1ccccc1Cl)C(=O)Nc1cccc(COc2cccc(F)c2)c1. The van der Waals surface area contributed by atoms with Gasteiger partial charge < -0.3 is 15.4 Å². The van der Waals surface area contributed by atoms with E-state index in [0.29, 0.717) is 22.0 Å². The zero-order valence-corrected chi connectivity index (χ0v) is 16.9. The van der Waals surface area contributed by atoms with Gasteiger partial charge in [0.2, 0.25) is 5.91 Å². The summed E-state index contributed by atoms with van der Waals surface area (Å²) in [7, 11) is 0. The zero-order chi connectivity index (χ0) is 21.5. The number of ether oxygens (including phenoxy) is 1. The van der Waals surface area contributed by atoms with E-state index in [1.165, 1.54) is 12.1 Å². The van der Waals surface area contributed by atoms with Crippen molar-refractivity contribution in [3.63, 3.8) is 0 Å². The van der Waals surface area contributed by atoms with Crippen LogP contribution in [0, 0.1) is 5.82 Å². The lowest BCUT2D eigenvalue weighted by molar-refractivity contribution is -0.117. The minimum absolute atomic E-state index is 0.214. The molecule has 0 fully saturated rings. The third-order valence-corrected chi connectivity index (χ3v) is 4.59. The van der Waals surface area contributed by atoms with E-state index in [1.807, 2.05) is 6.07 Å². The standard InChI is InChI=1S/C23H20ClFN2O3/c1-15(26-23(29)20-10-2-3-11-21(20)24)22(28)27-18-8-4-6-16(12-18)14-30-19-9-5-7-17(25)13-19/h2-13,15H,14H2,1H3,(H,26,29)(H,27,28). The van der Waals surface area contributed by atoms with Gasteiger partial charge in [-0.15, -0.1) is 0 Å². The highest BCUT2D eigenvalue weighted by molar-refractivity contribution is 6.33. The fourth-order valence-electron chi connectivity index (χ4n) is 2.70. The molecule has 7 heteroatoms. The Balaban J connectivity index is 1.57. The highest BCUT2D eigenvalue weighted by atomic mass is 35.5. The van der Waals surface area contributed by atoms with Gasteiger partial charge in [0.1, 0.15) is 24.2 Å². The third kappa shape index (κ3) is 5.81. The summed E-state index contributed by atoms with van der Waals surface area (Å²) < 4.78 is 18.8. The Hall–Kier alpha value is -3.38. The van der Waals surface area contributed by atoms with Gasteiger partial charge in [0.05, 0.1) is 10.6 Å². The first-order valence-corrected chi connectivity index (χ1v) is 9.64. The van der Waals surface area contributed by atoms with Crippen LogP contribution in [0.4, 0.5) is 10.1 Å². The van der Waals surface area contributed by atoms with Crippen molar-refractivity contribution in [1.82, 2.24) is 5.32 Å². The second-order valence-corrected chi connectivity index (χ2v) is 7.02. The molecule has 0 aromatic heterocycles. The van der Waals surface area contributed by atoms with Crippen LogP contribution >= 0.6 is 11.6 Å². The van der Waals surface area contributed by atoms with Crippen LogP contribution in [0.3, 0.4) is 0 Å². The maximum absolute atomic E-state index is 13.2. The molecule has 2 N–H and O–H groups in total. The van der Waals surface area contributed by atoms with Crippen molar-refractivity contribution in [3.8, 4) is 5.75 Å². The summed E-state index contributed by atoms with van der Waals surface area (Å²) in [5, 5.41) is 5.70. The van der Waals surface area contributed by atoms with Crippen molar-refractivity contribution in [2.45, 2.75) is 19.6 Å². The molecule has 0 aliphatic rings. The van der Waals surface area contributed by atoms with Crippen LogP contribution in [0.15, 0.2) is 72.8 Å². The van der Waals surface area contributed by atoms with E-state index in [1.54, 1.807) is 61.5 Å². The van der Waals surface area contributed by atoms with Gasteiger partial charge in [-0.05, 0) is 48.9 Å². The van der Waals surface area contributed by atoms with Crippen molar-refractivity contribution in [2.75, 3.05) is 5.32 Å². The molecule has 154 valence electrons. The number of hydrogen-bond donors (Lipinski definition) is 2. The molecule has 0 saturated heterocycles. The van der Waals surface area contributed by atoms with E-state index in [2.05, 4.69) is 10.6 Å². The minimum Gasteiger partial charge on any atom is -0.489 e. The van der Waals surface area contributed by atoms with Gasteiger partial charge in [0.15, 0.2) is 0 Å². The lowest BCUT2D eigenvalue weighted by Gasteiger charge is -2.15. The van der Waals surface area contributed by atoms with E-state index in [9.17, 15) is 14.0 Å². The average molecular weight is 427 g/mol. The highest BCUT2D eigenvalue weighted by Gasteiger charge is 2.18. The number of rotatable bonds is 7. The van der Waals surface area contributed by atoms with Gasteiger partial charge in [-0.2, -0.15) is 0 Å². The summed E-state index contributed by atoms with van der Waals surface area (Å²) in [6.07, 6.45) is 0. The molecule has 0 aliphatic carbocycles. The van der Waals surface area contributed by atoms with Gasteiger partial charge in [-0.25, -0.2) is 4.39 Å². The molecule has 0 aliphatic heterocycles. The number of carbonyl (C=O) groups excluding carboxylic acids is 2. The van der Waals surface area contributed by atoms with Crippen LogP contribution < -0.4 is 15.4 Å². The van der Waals surface area contributed by atoms with Crippen molar-refractivity contribution >= 4 is 29.1 Å². The summed E-state index contributed by atoms with van der Waals surface area (Å²) in [6.45, 7) is 1.80. The average Bonchev–Trinajstić information content (AvgIpc) is 2.73. The fraction of sp³-hybridized carbons (Fsp3) is 0.130. The molecule has 5 nitrogen and oxygen atoms in total. The predicted molar refractivity (Wildman–Crippen MR) is 114 cm³/mol. The van der Waals surface area contributed by atoms with E-state index < -0.39 is 11.9 Å². The van der Waals surface area contributed by atoms with Crippen LogP contribution in [-0.2, 0) is 11.4 Å². The number of hydrogen-bond acceptors (Lipinski definition) is 3. The molecule has 1 unspecified atom stereocenters. The minimum atomic E-state index is -0.777. The first-order chi connectivity index (χ1) is 14.4. The Morgan fingerprint density at radius 2 is 1.80 bits per heavy atom. The topological polar surface area (TPSA) is 67.4 Å². The van der Waals surface area contributed by atoms with Crippen LogP contribution in [0.25, 0.3) is 0 Å². The van der Waals surface area contributed by atoms with Crippen LogP contribution in [-0.4, -0.2) is 17.9 Å². The molecule has 3 aromatic carbocycles. The molecular formula is C23H20ClFN2O3. The highest BCUT2D eigenvalue weighted by Crippen LogP contribution is 2.17. The van der Waals surface area contributed by atoms with Gasteiger partial charge in [-0.3, -0.25) is 9.59 Å². The predicted octanol–water partition coefficient (Wildman–Crippen LogP) is 4.82. The Morgan fingerprint density at radius 3 is 2.57 bits per heavy atom. The molecule has 1 atom stereocenters. The molecular weight excluding hydrogens is 407 g/mol. The summed E-state index contributed by atoms with van der Waals surface area (Å²) in [4.78, 5) is 24.8. The Morgan fingerprint density at radius 1 is 1.03 bits per heavy atom. The van der Waals surface area contributed by atoms with E-state index >= 15 is 0 Å². The van der Waals surface area contributed by atoms with Crippen molar-refractivity contribution in [3.05, 3.63) is 94.8 Å². The number of benzene rings is 3. The first-order valence-electron chi connectivity index (χ1n) is 9.26. The maximum Gasteiger partial charge on any atom is 0.253 e. The second kappa shape index (κ2) is 9.89. The van der Waals surface area contributed by atoms with E-state index in [0.717, 1.165) is 5.56 Å². The normalized spacial score (nSPS) is 11.4. The van der Waals surface area contributed by atoms with Crippen LogP contribution in [0.2, 0.25) is 5.02 Å². The molecule has 0 bridgehead atoms. The first kappa shape index (κ1) is 21.3. The Kier molecular flexibility index (Phi) is 7.03. The van der Waals surface area contributed by atoms with Crippen LogP contribution in [0.5, 0.6) is 5.75 Å². The van der Waals surface area contributed by atoms with Crippen molar-refractivity contribution < 1.29 is 18.7 Å². The fourth-order valence-corrected chi connectivity index (χ4v) is 2.92. The Bertz CT molecular complexity index is 1060. The summed E-state index contributed by atoms with van der Waals surface area (Å²) in [5.74, 6) is -0.763. The van der Waals surface area contributed by atoms with Gasteiger partial charge in [0.25, 0.3) is 5.91 Å². The van der Waals surface area contributed by atoms with Crippen molar-refractivity contribution in [1.29, 1.82) is 0 Å². The smallest absolute Gasteiger partial charge is 0.253 e. The van der Waals surface area contributed by atoms with Crippen LogP contribution in [0.1, 0.15) is 22.8 Å². The molecule has 0 heterocycles. The number of carbonyl (C=O) groups is 2. The quantitative estimate of drug-likeness (QED) is 0.569. The summed E-state index contributed by atoms with van der Waals surface area (Å²) >= 11 is 6.02. The van der Waals surface area contributed by atoms with E-state index in [-0.39, 0.29) is 18.3 Å². The van der Waals surface area contributed by atoms with Gasteiger partial charge in [0, 0.05) is 11.8 Å². The largest absolute Gasteiger partial charge is 0.489 e. The molecule has 0 saturated carbocycles. The van der Waals surface area contributed by atoms with Gasteiger partial charge >= 0.3 is 0 Å². The number of amides is 2. The van der Waals surface area contributed by atoms with Gasteiger partial charge in [-0.1, -0.05) is 41.9 Å². The number of nitrogens with one attached hydrogen (secondary N) is 2. The van der Waals surface area contributed by atoms with E-state index in [4.69, 9.17) is 16.3 Å². The number of anilines is 1. The number of halogens is 2. The summed E-state index contributed by atoms with van der Waals surface area (Å²) in [6, 6.07) is 18.8. The lowest BCUT2D eigenvalue weighted by atomic mass is 10.2. The molecule has 3 aromatic rings.